The number of amides is 1. The zero-order valence-electron chi connectivity index (χ0n) is 32.1. The fourth-order valence-corrected chi connectivity index (χ4v) is 11.7. The minimum absolute atomic E-state index is 0.00782. The van der Waals surface area contributed by atoms with Gasteiger partial charge in [0.05, 0.1) is 39.3 Å². The molecule has 6 aromatic rings. The van der Waals surface area contributed by atoms with Crippen molar-refractivity contribution in [1.82, 2.24) is 25.3 Å². The third-order valence-electron chi connectivity index (χ3n) is 9.54. The van der Waals surface area contributed by atoms with E-state index < -0.39 is 25.6 Å². The van der Waals surface area contributed by atoms with Crippen LogP contribution < -0.4 is 22.5 Å². The summed E-state index contributed by atoms with van der Waals surface area (Å²) in [5, 5.41) is 11.7. The van der Waals surface area contributed by atoms with Gasteiger partial charge in [0.15, 0.2) is 19.7 Å². The summed E-state index contributed by atoms with van der Waals surface area (Å²) in [6.45, 7) is 4.95. The lowest BCUT2D eigenvalue weighted by molar-refractivity contribution is 0.0701. The highest BCUT2D eigenvalue weighted by molar-refractivity contribution is 7.91. The first kappa shape index (κ1) is 43.0. The van der Waals surface area contributed by atoms with Crippen molar-refractivity contribution < 1.29 is 31.5 Å². The van der Waals surface area contributed by atoms with E-state index in [9.17, 15) is 26.4 Å². The number of hydrogen-bond donors (Lipinski definition) is 5. The van der Waals surface area contributed by atoms with Crippen LogP contribution in [-0.4, -0.2) is 65.3 Å². The molecule has 8 N–H and O–H groups in total. The van der Waals surface area contributed by atoms with Crippen molar-refractivity contribution in [2.24, 2.45) is 5.73 Å². The SMILES string of the molecule is Cc1cc(-c2ccnc(N)n2)ccc1CN.Cc1cc(-c2ccnc(N)n2)ccc1CNC(=O)c1cc2c(s1)CCS(=O)(=O)C2.O=C(O)c1cc2c(s1)CCS(=O)(=O)C2. The molecule has 4 aromatic heterocycles. The van der Waals surface area contributed by atoms with E-state index in [0.717, 1.165) is 60.1 Å². The lowest BCUT2D eigenvalue weighted by Gasteiger charge is -2.10. The predicted molar refractivity (Wildman–Crippen MR) is 230 cm³/mol. The number of carbonyl (C=O) groups is 2. The van der Waals surface area contributed by atoms with E-state index in [2.05, 4.69) is 31.3 Å². The van der Waals surface area contributed by atoms with Gasteiger partial charge in [-0.2, -0.15) is 0 Å². The number of carboxylic acid groups (broad SMARTS) is 1. The highest BCUT2D eigenvalue weighted by Crippen LogP contribution is 2.31. The van der Waals surface area contributed by atoms with Crippen molar-refractivity contribution in [3.63, 3.8) is 0 Å². The number of aryl methyl sites for hydroxylation is 4. The van der Waals surface area contributed by atoms with E-state index in [0.29, 0.717) is 36.4 Å². The summed E-state index contributed by atoms with van der Waals surface area (Å²) in [7, 11) is -6.04. The van der Waals surface area contributed by atoms with E-state index in [4.69, 9.17) is 22.3 Å². The van der Waals surface area contributed by atoms with Gasteiger partial charge in [-0.25, -0.2) is 41.6 Å². The fraction of sp³-hybridized carbons (Fsp3) is 0.250. The number of fused-ring (bicyclic) bond motifs is 2. The van der Waals surface area contributed by atoms with Crippen molar-refractivity contribution in [3.8, 4) is 22.5 Å². The van der Waals surface area contributed by atoms with Gasteiger partial charge in [-0.3, -0.25) is 4.79 Å². The number of anilines is 2. The summed E-state index contributed by atoms with van der Waals surface area (Å²) in [5.41, 5.74) is 26.1. The van der Waals surface area contributed by atoms with Crippen molar-refractivity contribution in [2.75, 3.05) is 23.0 Å². The molecule has 308 valence electrons. The molecule has 8 rings (SSSR count). The Balaban J connectivity index is 0.000000164. The fourth-order valence-electron chi connectivity index (χ4n) is 6.40. The van der Waals surface area contributed by atoms with Crippen LogP contribution in [0.15, 0.2) is 73.1 Å². The van der Waals surface area contributed by atoms with Gasteiger partial charge in [0.25, 0.3) is 5.91 Å². The molecule has 2 aliphatic heterocycles. The Kier molecular flexibility index (Phi) is 13.2. The minimum Gasteiger partial charge on any atom is -0.477 e. The van der Waals surface area contributed by atoms with Crippen LogP contribution in [0.1, 0.15) is 62.5 Å². The van der Waals surface area contributed by atoms with Crippen LogP contribution in [0.5, 0.6) is 0 Å². The molecule has 15 nitrogen and oxygen atoms in total. The van der Waals surface area contributed by atoms with Crippen LogP contribution >= 0.6 is 22.7 Å². The molecule has 1 amide bonds. The highest BCUT2D eigenvalue weighted by atomic mass is 32.2. The minimum atomic E-state index is -3.04. The van der Waals surface area contributed by atoms with E-state index in [1.165, 1.54) is 28.7 Å². The van der Waals surface area contributed by atoms with Gasteiger partial charge < -0.3 is 27.6 Å². The van der Waals surface area contributed by atoms with Crippen LogP contribution in [0, 0.1) is 13.8 Å². The molecule has 0 atom stereocenters. The third kappa shape index (κ3) is 11.1. The number of nitrogens with zero attached hydrogens (tertiary/aromatic N) is 4. The topological polar surface area (TPSA) is 264 Å². The van der Waals surface area contributed by atoms with Crippen LogP contribution in [-0.2, 0) is 57.1 Å². The van der Waals surface area contributed by atoms with E-state index in [-0.39, 0.29) is 45.7 Å². The van der Waals surface area contributed by atoms with Crippen LogP contribution in [0.3, 0.4) is 0 Å². The zero-order chi connectivity index (χ0) is 42.5. The molecule has 0 radical (unpaired) electrons. The molecule has 19 heteroatoms. The molecule has 2 aliphatic rings. The van der Waals surface area contributed by atoms with Gasteiger partial charge >= 0.3 is 5.97 Å². The maximum atomic E-state index is 12.6. The Morgan fingerprint density at radius 1 is 0.712 bits per heavy atom. The first-order valence-corrected chi connectivity index (χ1v) is 23.5. The van der Waals surface area contributed by atoms with Gasteiger partial charge in [-0.1, -0.05) is 24.3 Å². The summed E-state index contributed by atoms with van der Waals surface area (Å²) >= 11 is 2.56. The monoisotopic (exact) mass is 874 g/mol. The van der Waals surface area contributed by atoms with Crippen LogP contribution in [0.25, 0.3) is 22.5 Å². The lowest BCUT2D eigenvalue weighted by Crippen LogP contribution is -2.22. The number of rotatable bonds is 7. The van der Waals surface area contributed by atoms with Crippen molar-refractivity contribution in [2.45, 2.75) is 51.3 Å². The number of carbonyl (C=O) groups excluding carboxylic acids is 1. The molecule has 0 spiro atoms. The second-order valence-corrected chi connectivity index (χ2v) is 20.5. The summed E-state index contributed by atoms with van der Waals surface area (Å²) in [4.78, 5) is 42.0. The number of nitrogen functional groups attached to an aromatic ring is 2. The normalized spacial score (nSPS) is 14.6. The molecule has 2 aromatic carbocycles. The average Bonchev–Trinajstić information content (AvgIpc) is 3.81. The number of aromatic nitrogens is 4. The Morgan fingerprint density at radius 3 is 1.64 bits per heavy atom. The second kappa shape index (κ2) is 18.1. The molecule has 0 bridgehead atoms. The van der Waals surface area contributed by atoms with Crippen molar-refractivity contribution in [3.05, 3.63) is 126 Å². The highest BCUT2D eigenvalue weighted by Gasteiger charge is 2.26. The maximum Gasteiger partial charge on any atom is 0.345 e. The number of aromatic carboxylic acids is 1. The Bertz CT molecular complexity index is 2770. The number of benzene rings is 2. The van der Waals surface area contributed by atoms with Gasteiger partial charge in [-0.15, -0.1) is 22.7 Å². The summed E-state index contributed by atoms with van der Waals surface area (Å²) in [6, 6.07) is 18.8. The quantitative estimate of drug-likeness (QED) is 0.143. The Morgan fingerprint density at radius 2 is 1.19 bits per heavy atom. The largest absolute Gasteiger partial charge is 0.477 e. The smallest absolute Gasteiger partial charge is 0.345 e. The molecule has 0 saturated heterocycles. The molecule has 59 heavy (non-hydrogen) atoms. The molecule has 0 aliphatic carbocycles. The number of nitrogens with one attached hydrogen (secondary N) is 1. The molecule has 0 unspecified atom stereocenters. The van der Waals surface area contributed by atoms with E-state index in [1.807, 2.05) is 50.2 Å². The molecule has 6 heterocycles. The van der Waals surface area contributed by atoms with Gasteiger partial charge in [-0.05, 0) is 96.5 Å². The molecule has 0 fully saturated rings. The van der Waals surface area contributed by atoms with Crippen molar-refractivity contribution in [1.29, 1.82) is 0 Å². The summed E-state index contributed by atoms with van der Waals surface area (Å²) in [5.74, 6) is -0.339. The predicted octanol–water partition coefficient (Wildman–Crippen LogP) is 4.91. The van der Waals surface area contributed by atoms with Crippen LogP contribution in [0.2, 0.25) is 0 Å². The Hall–Kier alpha value is -5.60. The second-order valence-electron chi connectivity index (χ2n) is 13.9. The number of carboxylic acids is 1. The van der Waals surface area contributed by atoms with Crippen molar-refractivity contribution >= 4 is 66.1 Å². The summed E-state index contributed by atoms with van der Waals surface area (Å²) < 4.78 is 46.1. The first-order chi connectivity index (χ1) is 28.0. The van der Waals surface area contributed by atoms with Gasteiger partial charge in [0.1, 0.15) is 4.88 Å². The third-order valence-corrected chi connectivity index (χ3v) is 15.2. The standard InChI is InChI=1S/C20H20N4O3S2.C12H14N4.C8H8O4S2/c1-12-8-13(16-4-6-22-20(21)24-16)2-3-14(12)10-23-19(25)18-9-15-11-29(26,27)7-5-17(15)28-18;1-8-6-9(2-3-10(8)7-13)11-4-5-15-12(14)16-11;9-8(10)7-3-5-4-14(11,12)2-1-6(5)13-7/h2-4,6,8-9H,5,7,10-11H2,1H3,(H,23,25)(H2,21,22,24);2-6H,7,13H2,1H3,(H2,14,15,16);3H,1-2,4H2,(H,9,10). The number of thiophene rings is 2. The van der Waals surface area contributed by atoms with E-state index >= 15 is 0 Å². The molecular weight excluding hydrogens is 833 g/mol. The van der Waals surface area contributed by atoms with Gasteiger partial charge in [0, 0.05) is 46.4 Å². The molecular formula is C40H42N8O7S4. The van der Waals surface area contributed by atoms with E-state index in [1.54, 1.807) is 24.5 Å². The summed E-state index contributed by atoms with van der Waals surface area (Å²) in [6.07, 6.45) is 4.22. The number of hydrogen-bond acceptors (Lipinski definition) is 15. The first-order valence-electron chi connectivity index (χ1n) is 18.2. The van der Waals surface area contributed by atoms with Gasteiger partial charge in [0.2, 0.25) is 11.9 Å². The number of nitrogens with two attached hydrogens (primary N) is 3. The Labute approximate surface area is 349 Å². The number of sulfone groups is 2. The van der Waals surface area contributed by atoms with Crippen LogP contribution in [0.4, 0.5) is 11.9 Å². The maximum absolute atomic E-state index is 12.6. The average molecular weight is 875 g/mol. The lowest BCUT2D eigenvalue weighted by atomic mass is 10.0. The molecule has 0 saturated carbocycles. The zero-order valence-corrected chi connectivity index (χ0v) is 35.4.